The van der Waals surface area contributed by atoms with E-state index in [1.165, 1.54) is 9.71 Å². The lowest BCUT2D eigenvalue weighted by Crippen LogP contribution is -2.30. The van der Waals surface area contributed by atoms with Crippen molar-refractivity contribution >= 4 is 16.1 Å². The molecule has 0 heterocycles. The third kappa shape index (κ3) is 4.47. The van der Waals surface area contributed by atoms with E-state index in [-0.39, 0.29) is 0 Å². The van der Waals surface area contributed by atoms with Crippen molar-refractivity contribution in [2.45, 2.75) is 13.8 Å². The van der Waals surface area contributed by atoms with Crippen LogP contribution >= 0.6 is 0 Å². The molecule has 0 aliphatic carbocycles. The highest BCUT2D eigenvalue weighted by Crippen LogP contribution is 2.09. The summed E-state index contributed by atoms with van der Waals surface area (Å²) in [6.45, 7) is 8.18. The fourth-order valence-corrected chi connectivity index (χ4v) is 2.76. The lowest BCUT2D eigenvalue weighted by atomic mass is 10.2. The van der Waals surface area contributed by atoms with Gasteiger partial charge in [0.15, 0.2) is 0 Å². The van der Waals surface area contributed by atoms with Gasteiger partial charge >= 0.3 is 0 Å². The van der Waals surface area contributed by atoms with Crippen LogP contribution < -0.4 is 0 Å². The smallest absolute Gasteiger partial charge is 0.207 e. The zero-order valence-electron chi connectivity index (χ0n) is 10.8. The molecule has 1 rings (SSSR count). The van der Waals surface area contributed by atoms with Crippen LogP contribution in [0.3, 0.4) is 0 Å². The molecule has 0 aliphatic rings. The summed E-state index contributed by atoms with van der Waals surface area (Å²) >= 11 is 0. The number of nitrogens with zero attached hydrogens (tertiary/aromatic N) is 1. The first kappa shape index (κ1) is 14.7. The lowest BCUT2D eigenvalue weighted by Gasteiger charge is -2.17. The molecular weight excluding hydrogens is 246 g/mol. The van der Waals surface area contributed by atoms with E-state index in [0.717, 1.165) is 11.1 Å². The zero-order valence-corrected chi connectivity index (χ0v) is 11.7. The molecule has 0 saturated heterocycles. The predicted octanol–water partition coefficient (Wildman–Crippen LogP) is 2.89. The van der Waals surface area contributed by atoms with Gasteiger partial charge in [0.2, 0.25) is 10.0 Å². The quantitative estimate of drug-likeness (QED) is 0.742. The van der Waals surface area contributed by atoms with E-state index in [1.807, 2.05) is 44.2 Å². The van der Waals surface area contributed by atoms with Crippen LogP contribution in [0, 0.1) is 0 Å². The second kappa shape index (κ2) is 6.52. The Hall–Kier alpha value is -1.39. The van der Waals surface area contributed by atoms with E-state index < -0.39 is 10.0 Å². The van der Waals surface area contributed by atoms with E-state index in [2.05, 4.69) is 6.58 Å². The van der Waals surface area contributed by atoms with Crippen LogP contribution in [0.2, 0.25) is 0 Å². The number of hydrogen-bond donors (Lipinski definition) is 0. The zero-order chi connectivity index (χ0) is 13.6. The van der Waals surface area contributed by atoms with Gasteiger partial charge < -0.3 is 0 Å². The van der Waals surface area contributed by atoms with Crippen molar-refractivity contribution in [2.24, 2.45) is 0 Å². The van der Waals surface area contributed by atoms with E-state index in [1.54, 1.807) is 6.08 Å². The topological polar surface area (TPSA) is 37.4 Å². The molecule has 4 heteroatoms. The van der Waals surface area contributed by atoms with Crippen LogP contribution in [0.1, 0.15) is 19.4 Å². The Morgan fingerprint density at radius 3 is 2.44 bits per heavy atom. The molecular formula is C14H19NO2S. The maximum Gasteiger partial charge on any atom is 0.236 e. The summed E-state index contributed by atoms with van der Waals surface area (Å²) < 4.78 is 25.5. The Balaban J connectivity index is 2.86. The van der Waals surface area contributed by atoms with Crippen molar-refractivity contribution in [3.8, 4) is 0 Å². The molecule has 0 aliphatic heterocycles. The Kier molecular flexibility index (Phi) is 5.31. The number of likely N-dealkylation sites (N-methyl/N-ethyl adjacent to an activating group) is 1. The lowest BCUT2D eigenvalue weighted by molar-refractivity contribution is 0.461. The van der Waals surface area contributed by atoms with Crippen molar-refractivity contribution in [3.05, 3.63) is 53.5 Å². The van der Waals surface area contributed by atoms with Crippen LogP contribution in [-0.2, 0) is 10.0 Å². The summed E-state index contributed by atoms with van der Waals surface area (Å²) in [5, 5.41) is 1.24. The van der Waals surface area contributed by atoms with Gasteiger partial charge in [0.1, 0.15) is 0 Å². The maximum atomic E-state index is 12.1. The molecule has 1 aromatic carbocycles. The summed E-state index contributed by atoms with van der Waals surface area (Å²) in [6.07, 6.45) is 1.61. The predicted molar refractivity (Wildman–Crippen MR) is 76.5 cm³/mol. The molecule has 0 spiro atoms. The van der Waals surface area contributed by atoms with Gasteiger partial charge in [-0.3, -0.25) is 0 Å². The van der Waals surface area contributed by atoms with Crippen molar-refractivity contribution in [3.63, 3.8) is 0 Å². The highest BCUT2D eigenvalue weighted by molar-refractivity contribution is 7.92. The van der Waals surface area contributed by atoms with Crippen LogP contribution in [0.4, 0.5) is 0 Å². The van der Waals surface area contributed by atoms with Gasteiger partial charge in [0.05, 0.1) is 0 Å². The highest BCUT2D eigenvalue weighted by atomic mass is 32.2. The Labute approximate surface area is 109 Å². The first-order valence-corrected chi connectivity index (χ1v) is 7.33. The summed E-state index contributed by atoms with van der Waals surface area (Å²) in [7, 11) is -3.37. The minimum absolute atomic E-state index is 0.359. The molecule has 0 radical (unpaired) electrons. The van der Waals surface area contributed by atoms with Gasteiger partial charge in [-0.1, -0.05) is 49.4 Å². The highest BCUT2D eigenvalue weighted by Gasteiger charge is 2.16. The number of sulfonamides is 1. The SMILES string of the molecule is C=C(C)CN(CC)S(=O)(=O)/C=C/c1ccccc1. The first-order valence-electron chi connectivity index (χ1n) is 5.83. The fraction of sp³-hybridized carbons (Fsp3) is 0.286. The third-order valence-corrected chi connectivity index (χ3v) is 3.98. The average Bonchev–Trinajstić information content (AvgIpc) is 2.34. The molecule has 0 aromatic heterocycles. The third-order valence-electron chi connectivity index (χ3n) is 2.39. The van der Waals surface area contributed by atoms with Crippen LogP contribution in [-0.4, -0.2) is 25.8 Å². The monoisotopic (exact) mass is 265 g/mol. The minimum atomic E-state index is -3.37. The maximum absolute atomic E-state index is 12.1. The average molecular weight is 265 g/mol. The summed E-state index contributed by atoms with van der Waals surface area (Å²) in [6, 6.07) is 9.36. The standard InChI is InChI=1S/C14H19NO2S/c1-4-15(12-13(2)3)18(16,17)11-10-14-8-6-5-7-9-14/h5-11H,2,4,12H2,1,3H3/b11-10+. The second-order valence-corrected chi connectivity index (χ2v) is 5.96. The molecule has 0 bridgehead atoms. The van der Waals surface area contributed by atoms with Crippen LogP contribution in [0.15, 0.2) is 47.9 Å². The summed E-state index contributed by atoms with van der Waals surface area (Å²) in [4.78, 5) is 0. The van der Waals surface area contributed by atoms with Crippen LogP contribution in [0.5, 0.6) is 0 Å². The largest absolute Gasteiger partial charge is 0.236 e. The summed E-state index contributed by atoms with van der Waals surface area (Å²) in [5.41, 5.74) is 1.70. The van der Waals surface area contributed by atoms with Gasteiger partial charge in [-0.15, -0.1) is 0 Å². The van der Waals surface area contributed by atoms with E-state index >= 15 is 0 Å². The van der Waals surface area contributed by atoms with E-state index in [9.17, 15) is 8.42 Å². The van der Waals surface area contributed by atoms with Gasteiger partial charge in [0, 0.05) is 18.5 Å². The molecule has 0 atom stereocenters. The molecule has 1 aromatic rings. The molecule has 18 heavy (non-hydrogen) atoms. The molecule has 0 fully saturated rings. The number of benzene rings is 1. The van der Waals surface area contributed by atoms with Crippen molar-refractivity contribution in [1.29, 1.82) is 0 Å². The van der Waals surface area contributed by atoms with Crippen LogP contribution in [0.25, 0.3) is 6.08 Å². The van der Waals surface area contributed by atoms with E-state index in [4.69, 9.17) is 0 Å². The molecule has 0 unspecified atom stereocenters. The Morgan fingerprint density at radius 2 is 1.94 bits per heavy atom. The van der Waals surface area contributed by atoms with Crippen molar-refractivity contribution < 1.29 is 8.42 Å². The summed E-state index contributed by atoms with van der Waals surface area (Å²) in [5.74, 6) is 0. The van der Waals surface area contributed by atoms with Gasteiger partial charge in [-0.2, -0.15) is 4.31 Å². The fourth-order valence-electron chi connectivity index (χ4n) is 1.50. The minimum Gasteiger partial charge on any atom is -0.207 e. The van der Waals surface area contributed by atoms with Gasteiger partial charge in [0.25, 0.3) is 0 Å². The van der Waals surface area contributed by atoms with Crippen molar-refractivity contribution in [2.75, 3.05) is 13.1 Å². The van der Waals surface area contributed by atoms with E-state index in [0.29, 0.717) is 13.1 Å². The Bertz CT molecular complexity index is 518. The second-order valence-electron chi connectivity index (χ2n) is 4.14. The first-order chi connectivity index (χ1) is 8.45. The van der Waals surface area contributed by atoms with Gasteiger partial charge in [-0.25, -0.2) is 8.42 Å². The Morgan fingerprint density at radius 1 is 1.33 bits per heavy atom. The molecule has 3 nitrogen and oxygen atoms in total. The normalized spacial score (nSPS) is 12.2. The molecule has 0 saturated carbocycles. The molecule has 0 N–H and O–H groups in total. The van der Waals surface area contributed by atoms with Gasteiger partial charge in [-0.05, 0) is 18.6 Å². The molecule has 98 valence electrons. The number of rotatable bonds is 6. The van der Waals surface area contributed by atoms with Crippen molar-refractivity contribution in [1.82, 2.24) is 4.31 Å². The molecule has 0 amide bonds. The number of hydrogen-bond acceptors (Lipinski definition) is 2.